The molecule has 1 heterocycles. The maximum atomic E-state index is 12.1. The lowest BCUT2D eigenvalue weighted by molar-refractivity contribution is -0.116. The molecule has 1 N–H and O–H groups in total. The molecule has 1 amide bonds. The second kappa shape index (κ2) is 6.12. The van der Waals surface area contributed by atoms with Gasteiger partial charge in [0, 0.05) is 17.8 Å². The van der Waals surface area contributed by atoms with E-state index in [9.17, 15) is 4.79 Å². The molecule has 0 fully saturated rings. The van der Waals surface area contributed by atoms with E-state index in [-0.39, 0.29) is 11.9 Å². The Labute approximate surface area is 126 Å². The highest BCUT2D eigenvalue weighted by Gasteiger charge is 2.16. The van der Waals surface area contributed by atoms with Gasteiger partial charge in [0.05, 0.1) is 11.7 Å². The summed E-state index contributed by atoms with van der Waals surface area (Å²) in [6, 6.07) is 7.87. The first-order valence-corrected chi connectivity index (χ1v) is 7.27. The molecule has 4 heteroatoms. The lowest BCUT2D eigenvalue weighted by atomic mass is 10.2. The Morgan fingerprint density at radius 3 is 2.33 bits per heavy atom. The summed E-state index contributed by atoms with van der Waals surface area (Å²) in [7, 11) is 0. The summed E-state index contributed by atoms with van der Waals surface area (Å²) >= 11 is 0. The zero-order chi connectivity index (χ0) is 15.6. The third-order valence-corrected chi connectivity index (χ3v) is 3.92. The maximum absolute atomic E-state index is 12.1. The molecule has 1 aromatic carbocycles. The third-order valence-electron chi connectivity index (χ3n) is 3.92. The monoisotopic (exact) mass is 285 g/mol. The highest BCUT2D eigenvalue weighted by Crippen LogP contribution is 2.19. The quantitative estimate of drug-likeness (QED) is 0.931. The summed E-state index contributed by atoms with van der Waals surface area (Å²) in [5, 5.41) is 7.45. The number of hydrogen-bond acceptors (Lipinski definition) is 2. The molecule has 1 aromatic heterocycles. The van der Waals surface area contributed by atoms with Crippen molar-refractivity contribution in [1.82, 2.24) is 9.78 Å². The summed E-state index contributed by atoms with van der Waals surface area (Å²) in [6.45, 7) is 10.2. The van der Waals surface area contributed by atoms with Crippen molar-refractivity contribution in [3.8, 4) is 0 Å². The van der Waals surface area contributed by atoms with Gasteiger partial charge in [0.15, 0.2) is 0 Å². The third kappa shape index (κ3) is 3.51. The molecule has 112 valence electrons. The molecule has 1 atom stereocenters. The highest BCUT2D eigenvalue weighted by atomic mass is 16.1. The van der Waals surface area contributed by atoms with Crippen LogP contribution in [-0.4, -0.2) is 15.7 Å². The van der Waals surface area contributed by atoms with Gasteiger partial charge in [0.2, 0.25) is 5.91 Å². The van der Waals surface area contributed by atoms with Crippen LogP contribution in [0.1, 0.15) is 41.9 Å². The van der Waals surface area contributed by atoms with Crippen molar-refractivity contribution in [2.75, 3.05) is 5.32 Å². The first-order valence-electron chi connectivity index (χ1n) is 7.27. The van der Waals surface area contributed by atoms with Crippen LogP contribution in [0, 0.1) is 27.7 Å². The van der Waals surface area contributed by atoms with Crippen molar-refractivity contribution >= 4 is 11.6 Å². The van der Waals surface area contributed by atoms with Crippen LogP contribution in [0.2, 0.25) is 0 Å². The van der Waals surface area contributed by atoms with Gasteiger partial charge in [-0.25, -0.2) is 0 Å². The Morgan fingerprint density at radius 2 is 1.81 bits per heavy atom. The molecule has 0 saturated carbocycles. The summed E-state index contributed by atoms with van der Waals surface area (Å²) in [4.78, 5) is 12.1. The number of carbonyl (C=O) groups excluding carboxylic acids is 1. The average molecular weight is 285 g/mol. The Hall–Kier alpha value is -2.10. The van der Waals surface area contributed by atoms with E-state index in [0.717, 1.165) is 17.1 Å². The number of aryl methyl sites for hydroxylation is 2. The van der Waals surface area contributed by atoms with Crippen molar-refractivity contribution in [3.63, 3.8) is 0 Å². The first kappa shape index (κ1) is 15.3. The van der Waals surface area contributed by atoms with E-state index in [1.54, 1.807) is 0 Å². The molecular formula is C17H23N3O. The smallest absolute Gasteiger partial charge is 0.226 e. The normalized spacial score (nSPS) is 12.2. The van der Waals surface area contributed by atoms with E-state index in [0.29, 0.717) is 6.42 Å². The lowest BCUT2D eigenvalue weighted by Crippen LogP contribution is -2.19. The number of rotatable bonds is 4. The van der Waals surface area contributed by atoms with Crippen LogP contribution in [0.25, 0.3) is 0 Å². The zero-order valence-electron chi connectivity index (χ0n) is 13.4. The number of carbonyl (C=O) groups is 1. The fourth-order valence-electron chi connectivity index (χ4n) is 2.38. The van der Waals surface area contributed by atoms with Crippen molar-refractivity contribution in [3.05, 3.63) is 46.8 Å². The molecule has 0 unspecified atom stereocenters. The number of nitrogens with zero attached hydrogens (tertiary/aromatic N) is 2. The summed E-state index contributed by atoms with van der Waals surface area (Å²) in [5.74, 6) is 0.0107. The standard InChI is InChI=1S/C17H23N3O/c1-11-6-8-16(9-7-11)18-17(21)10-12(2)20-15(5)13(3)14(4)19-20/h6-9,12H,10H2,1-5H3,(H,18,21)/t12-/m1/s1. The number of aromatic nitrogens is 2. The Kier molecular flexibility index (Phi) is 4.46. The van der Waals surface area contributed by atoms with E-state index in [2.05, 4.69) is 17.3 Å². The topological polar surface area (TPSA) is 46.9 Å². The Morgan fingerprint density at radius 1 is 1.19 bits per heavy atom. The maximum Gasteiger partial charge on any atom is 0.226 e. The van der Waals surface area contributed by atoms with Gasteiger partial charge in [-0.05, 0) is 52.3 Å². The summed E-state index contributed by atoms with van der Waals surface area (Å²) in [5.41, 5.74) is 5.36. The van der Waals surface area contributed by atoms with Gasteiger partial charge in [0.25, 0.3) is 0 Å². The van der Waals surface area contributed by atoms with Crippen LogP contribution in [0.15, 0.2) is 24.3 Å². The average Bonchev–Trinajstić information content (AvgIpc) is 2.69. The van der Waals surface area contributed by atoms with Crippen LogP contribution in [0.5, 0.6) is 0 Å². The van der Waals surface area contributed by atoms with Crippen LogP contribution in [0.3, 0.4) is 0 Å². The molecule has 0 aliphatic heterocycles. The minimum Gasteiger partial charge on any atom is -0.326 e. The van der Waals surface area contributed by atoms with Crippen molar-refractivity contribution in [2.45, 2.75) is 47.1 Å². The molecule has 21 heavy (non-hydrogen) atoms. The first-order chi connectivity index (χ1) is 9.88. The fraction of sp³-hybridized carbons (Fsp3) is 0.412. The molecule has 2 aromatic rings. The van der Waals surface area contributed by atoms with Gasteiger partial charge >= 0.3 is 0 Å². The number of hydrogen-bond donors (Lipinski definition) is 1. The Bertz CT molecular complexity index is 641. The molecule has 0 bridgehead atoms. The van der Waals surface area contributed by atoms with Crippen LogP contribution >= 0.6 is 0 Å². The predicted octanol–water partition coefficient (Wildman–Crippen LogP) is 3.71. The van der Waals surface area contributed by atoms with E-state index >= 15 is 0 Å². The van der Waals surface area contributed by atoms with Gasteiger partial charge in [-0.1, -0.05) is 17.7 Å². The largest absolute Gasteiger partial charge is 0.326 e. The second-order valence-electron chi connectivity index (χ2n) is 5.71. The van der Waals surface area contributed by atoms with E-state index in [4.69, 9.17) is 0 Å². The zero-order valence-corrected chi connectivity index (χ0v) is 13.4. The molecule has 0 aliphatic rings. The fourth-order valence-corrected chi connectivity index (χ4v) is 2.38. The minimum absolute atomic E-state index is 0.0107. The summed E-state index contributed by atoms with van der Waals surface area (Å²) in [6.07, 6.45) is 0.412. The lowest BCUT2D eigenvalue weighted by Gasteiger charge is -2.14. The van der Waals surface area contributed by atoms with Gasteiger partial charge in [-0.2, -0.15) is 5.10 Å². The molecule has 0 radical (unpaired) electrons. The highest BCUT2D eigenvalue weighted by molar-refractivity contribution is 5.90. The van der Waals surface area contributed by atoms with Gasteiger partial charge in [-0.3, -0.25) is 9.48 Å². The molecule has 2 rings (SSSR count). The van der Waals surface area contributed by atoms with Crippen molar-refractivity contribution in [2.24, 2.45) is 0 Å². The van der Waals surface area contributed by atoms with Crippen LogP contribution in [-0.2, 0) is 4.79 Å². The van der Waals surface area contributed by atoms with Crippen molar-refractivity contribution < 1.29 is 4.79 Å². The number of anilines is 1. The predicted molar refractivity (Wildman–Crippen MR) is 85.6 cm³/mol. The van der Waals surface area contributed by atoms with E-state index in [1.807, 2.05) is 56.6 Å². The molecular weight excluding hydrogens is 262 g/mol. The van der Waals surface area contributed by atoms with E-state index in [1.165, 1.54) is 11.1 Å². The van der Waals surface area contributed by atoms with Gasteiger partial charge in [0.1, 0.15) is 0 Å². The van der Waals surface area contributed by atoms with Crippen molar-refractivity contribution in [1.29, 1.82) is 0 Å². The van der Waals surface area contributed by atoms with Gasteiger partial charge < -0.3 is 5.32 Å². The number of amides is 1. The second-order valence-corrected chi connectivity index (χ2v) is 5.71. The minimum atomic E-state index is 0.0107. The molecule has 0 aliphatic carbocycles. The molecule has 0 saturated heterocycles. The van der Waals surface area contributed by atoms with Crippen LogP contribution in [0.4, 0.5) is 5.69 Å². The summed E-state index contributed by atoms with van der Waals surface area (Å²) < 4.78 is 1.94. The van der Waals surface area contributed by atoms with E-state index < -0.39 is 0 Å². The SMILES string of the molecule is Cc1ccc(NC(=O)C[C@@H](C)n2nc(C)c(C)c2C)cc1. The molecule has 0 spiro atoms. The number of nitrogens with one attached hydrogen (secondary N) is 1. The number of benzene rings is 1. The Balaban J connectivity index is 2.01. The molecule has 4 nitrogen and oxygen atoms in total. The van der Waals surface area contributed by atoms with Gasteiger partial charge in [-0.15, -0.1) is 0 Å². The van der Waals surface area contributed by atoms with Crippen LogP contribution < -0.4 is 5.32 Å².